The number of aromatic nitrogens is 2. The molecule has 0 aromatic carbocycles. The lowest BCUT2D eigenvalue weighted by molar-refractivity contribution is -0.385. The van der Waals surface area contributed by atoms with Gasteiger partial charge in [-0.3, -0.25) is 14.8 Å². The van der Waals surface area contributed by atoms with Gasteiger partial charge in [-0.15, -0.1) is 0 Å². The van der Waals surface area contributed by atoms with Crippen molar-refractivity contribution in [3.63, 3.8) is 0 Å². The Morgan fingerprint density at radius 2 is 2.47 bits per heavy atom. The first-order valence-electron chi connectivity index (χ1n) is 4.36. The molecule has 0 radical (unpaired) electrons. The summed E-state index contributed by atoms with van der Waals surface area (Å²) in [6, 6.07) is -0.608. The molecule has 0 fully saturated rings. The van der Waals surface area contributed by atoms with Crippen LogP contribution in [0.3, 0.4) is 0 Å². The maximum atomic E-state index is 11.3. The maximum absolute atomic E-state index is 11.3. The van der Waals surface area contributed by atoms with Gasteiger partial charge in [-0.1, -0.05) is 6.92 Å². The zero-order valence-corrected chi connectivity index (χ0v) is 8.41. The molecular weight excluding hydrogens is 202 g/mol. The van der Waals surface area contributed by atoms with E-state index in [1.54, 1.807) is 6.92 Å². The van der Waals surface area contributed by atoms with Gasteiger partial charge in [-0.25, -0.2) is 4.79 Å². The number of hydrogen-bond donors (Lipinski definition) is 0. The molecule has 7 nitrogen and oxygen atoms in total. The second-order valence-electron chi connectivity index (χ2n) is 2.88. The Balaban J connectivity index is 2.92. The van der Waals surface area contributed by atoms with Gasteiger partial charge in [0.05, 0.1) is 12.0 Å². The van der Waals surface area contributed by atoms with Gasteiger partial charge in [0, 0.05) is 0 Å². The van der Waals surface area contributed by atoms with Crippen LogP contribution in [0.2, 0.25) is 0 Å². The molecule has 0 amide bonds. The molecule has 1 aromatic heterocycles. The summed E-state index contributed by atoms with van der Waals surface area (Å²) in [5, 5.41) is 14.2. The van der Waals surface area contributed by atoms with Gasteiger partial charge in [-0.05, 0) is 6.42 Å². The standard InChI is InChI=1S/C8H11N3O4/c1-3-7(8(12)15-2)10-5-6(4-9-10)11(13)14/h4-5,7H,3H2,1-2H3. The summed E-state index contributed by atoms with van der Waals surface area (Å²) in [6.45, 7) is 1.77. The SMILES string of the molecule is CCC(C(=O)OC)n1cc([N+](=O)[O-])cn1. The highest BCUT2D eigenvalue weighted by Gasteiger charge is 2.22. The number of esters is 1. The van der Waals surface area contributed by atoms with Crippen molar-refractivity contribution in [2.75, 3.05) is 7.11 Å². The molecule has 1 rings (SSSR count). The number of methoxy groups -OCH3 is 1. The lowest BCUT2D eigenvalue weighted by Crippen LogP contribution is -2.20. The maximum Gasteiger partial charge on any atom is 0.330 e. The highest BCUT2D eigenvalue weighted by molar-refractivity contribution is 5.73. The summed E-state index contributed by atoms with van der Waals surface area (Å²) in [4.78, 5) is 21.1. The van der Waals surface area contributed by atoms with E-state index in [1.807, 2.05) is 0 Å². The van der Waals surface area contributed by atoms with Crippen LogP contribution in [0.1, 0.15) is 19.4 Å². The summed E-state index contributed by atoms with van der Waals surface area (Å²) in [6.07, 6.45) is 2.78. The van der Waals surface area contributed by atoms with Crippen LogP contribution in [-0.4, -0.2) is 27.8 Å². The minimum Gasteiger partial charge on any atom is -0.467 e. The normalized spacial score (nSPS) is 12.1. The van der Waals surface area contributed by atoms with Crippen molar-refractivity contribution in [2.45, 2.75) is 19.4 Å². The Morgan fingerprint density at radius 1 is 1.80 bits per heavy atom. The van der Waals surface area contributed by atoms with Crippen molar-refractivity contribution < 1.29 is 14.5 Å². The van der Waals surface area contributed by atoms with Gasteiger partial charge in [0.15, 0.2) is 0 Å². The summed E-state index contributed by atoms with van der Waals surface area (Å²) in [7, 11) is 1.27. The summed E-state index contributed by atoms with van der Waals surface area (Å²) >= 11 is 0. The summed E-state index contributed by atoms with van der Waals surface area (Å²) in [5.41, 5.74) is -0.141. The van der Waals surface area contributed by atoms with Crippen molar-refractivity contribution >= 4 is 11.7 Å². The zero-order chi connectivity index (χ0) is 11.4. The number of hydrogen-bond acceptors (Lipinski definition) is 5. The van der Waals surface area contributed by atoms with E-state index in [0.717, 1.165) is 6.20 Å². The average molecular weight is 213 g/mol. The first-order chi connectivity index (χ1) is 7.10. The molecule has 1 unspecified atom stereocenters. The second-order valence-corrected chi connectivity index (χ2v) is 2.88. The summed E-state index contributed by atoms with van der Waals surface area (Å²) in [5.74, 6) is -0.463. The van der Waals surface area contributed by atoms with Gasteiger partial charge >= 0.3 is 11.7 Å². The molecule has 0 saturated carbocycles. The topological polar surface area (TPSA) is 87.3 Å². The smallest absolute Gasteiger partial charge is 0.330 e. The Hall–Kier alpha value is -1.92. The van der Waals surface area contributed by atoms with Gasteiger partial charge in [-0.2, -0.15) is 5.10 Å². The summed E-state index contributed by atoms with van der Waals surface area (Å²) < 4.78 is 5.80. The van der Waals surface area contributed by atoms with E-state index in [9.17, 15) is 14.9 Å². The molecular formula is C8H11N3O4. The molecule has 1 aromatic rings. The Bertz CT molecular complexity index is 374. The van der Waals surface area contributed by atoms with E-state index in [0.29, 0.717) is 6.42 Å². The third kappa shape index (κ3) is 2.30. The third-order valence-corrected chi connectivity index (χ3v) is 1.98. The Labute approximate surface area is 85.8 Å². The average Bonchev–Trinajstić information content (AvgIpc) is 2.68. The fourth-order valence-electron chi connectivity index (χ4n) is 1.19. The van der Waals surface area contributed by atoms with Crippen LogP contribution >= 0.6 is 0 Å². The van der Waals surface area contributed by atoms with Crippen LogP contribution in [0.15, 0.2) is 12.4 Å². The van der Waals surface area contributed by atoms with Crippen LogP contribution in [0.5, 0.6) is 0 Å². The largest absolute Gasteiger partial charge is 0.467 e. The van der Waals surface area contributed by atoms with Crippen LogP contribution in [0, 0.1) is 10.1 Å². The molecule has 82 valence electrons. The van der Waals surface area contributed by atoms with Crippen LogP contribution < -0.4 is 0 Å². The minimum atomic E-state index is -0.608. The lowest BCUT2D eigenvalue weighted by atomic mass is 10.2. The highest BCUT2D eigenvalue weighted by Crippen LogP contribution is 2.16. The number of carbonyl (C=O) groups excluding carboxylic acids is 1. The number of rotatable bonds is 4. The molecule has 1 heterocycles. The number of nitro groups is 1. The molecule has 0 bridgehead atoms. The van der Waals surface area contributed by atoms with Gasteiger partial charge in [0.25, 0.3) is 0 Å². The number of nitrogens with zero attached hydrogens (tertiary/aromatic N) is 3. The van der Waals surface area contributed by atoms with Gasteiger partial charge < -0.3 is 4.74 Å². The first-order valence-corrected chi connectivity index (χ1v) is 4.36. The molecule has 0 aliphatic carbocycles. The third-order valence-electron chi connectivity index (χ3n) is 1.98. The predicted molar refractivity (Wildman–Crippen MR) is 50.2 cm³/mol. The quantitative estimate of drug-likeness (QED) is 0.421. The van der Waals surface area contributed by atoms with Gasteiger partial charge in [0.2, 0.25) is 0 Å². The Morgan fingerprint density at radius 3 is 2.87 bits per heavy atom. The first kappa shape index (κ1) is 11.2. The van der Waals surface area contributed by atoms with Crippen molar-refractivity contribution in [3.05, 3.63) is 22.5 Å². The lowest BCUT2D eigenvalue weighted by Gasteiger charge is -2.11. The molecule has 1 atom stereocenters. The van der Waals surface area contributed by atoms with Crippen LogP contribution in [0.25, 0.3) is 0 Å². The fraction of sp³-hybridized carbons (Fsp3) is 0.500. The molecule has 0 spiro atoms. The Kier molecular flexibility index (Phi) is 3.37. The van der Waals surface area contributed by atoms with E-state index in [4.69, 9.17) is 0 Å². The number of carbonyl (C=O) groups is 1. The highest BCUT2D eigenvalue weighted by atomic mass is 16.6. The molecule has 0 N–H and O–H groups in total. The monoisotopic (exact) mass is 213 g/mol. The van der Waals surface area contributed by atoms with Crippen LogP contribution in [-0.2, 0) is 9.53 Å². The fourth-order valence-corrected chi connectivity index (χ4v) is 1.19. The van der Waals surface area contributed by atoms with E-state index >= 15 is 0 Å². The van der Waals surface area contributed by atoms with Crippen LogP contribution in [0.4, 0.5) is 5.69 Å². The molecule has 0 aliphatic rings. The minimum absolute atomic E-state index is 0.141. The van der Waals surface area contributed by atoms with E-state index in [1.165, 1.54) is 18.0 Å². The van der Waals surface area contributed by atoms with E-state index in [-0.39, 0.29) is 5.69 Å². The van der Waals surface area contributed by atoms with Crippen molar-refractivity contribution in [3.8, 4) is 0 Å². The zero-order valence-electron chi connectivity index (χ0n) is 8.41. The van der Waals surface area contributed by atoms with Gasteiger partial charge in [0.1, 0.15) is 18.4 Å². The van der Waals surface area contributed by atoms with Crippen molar-refractivity contribution in [1.82, 2.24) is 9.78 Å². The van der Waals surface area contributed by atoms with E-state index < -0.39 is 16.9 Å². The van der Waals surface area contributed by atoms with Crippen molar-refractivity contribution in [1.29, 1.82) is 0 Å². The van der Waals surface area contributed by atoms with Crippen molar-refractivity contribution in [2.24, 2.45) is 0 Å². The second kappa shape index (κ2) is 4.54. The molecule has 15 heavy (non-hydrogen) atoms. The molecule has 7 heteroatoms. The van der Waals surface area contributed by atoms with E-state index in [2.05, 4.69) is 9.84 Å². The number of ether oxygens (including phenoxy) is 1. The predicted octanol–water partition coefficient (Wildman–Crippen LogP) is 0.915. The molecule has 0 saturated heterocycles. The molecule has 0 aliphatic heterocycles.